The van der Waals surface area contributed by atoms with Crippen LogP contribution >= 0.6 is 0 Å². The first-order valence-corrected chi connectivity index (χ1v) is 8.52. The van der Waals surface area contributed by atoms with Crippen molar-refractivity contribution >= 4 is 23.6 Å². The van der Waals surface area contributed by atoms with Crippen molar-refractivity contribution in [3.8, 4) is 0 Å². The molecule has 7 heteroatoms. The molecule has 0 spiro atoms. The van der Waals surface area contributed by atoms with Crippen molar-refractivity contribution in [2.75, 3.05) is 0 Å². The number of imide groups is 1. The summed E-state index contributed by atoms with van der Waals surface area (Å²) in [5, 5.41) is 5.12. The van der Waals surface area contributed by atoms with E-state index in [0.29, 0.717) is 31.5 Å². The average Bonchev–Trinajstić information content (AvgIpc) is 2.90. The molecule has 1 fully saturated rings. The van der Waals surface area contributed by atoms with Gasteiger partial charge in [0.25, 0.3) is 5.91 Å². The van der Waals surface area contributed by atoms with Gasteiger partial charge in [-0.15, -0.1) is 0 Å². The fourth-order valence-electron chi connectivity index (χ4n) is 3.23. The van der Waals surface area contributed by atoms with Gasteiger partial charge in [-0.2, -0.15) is 0 Å². The van der Waals surface area contributed by atoms with E-state index in [4.69, 9.17) is 0 Å². The maximum absolute atomic E-state index is 12.7. The molecule has 1 unspecified atom stereocenters. The van der Waals surface area contributed by atoms with Crippen molar-refractivity contribution in [3.63, 3.8) is 0 Å². The molecule has 1 aromatic carbocycles. The molecule has 7 nitrogen and oxygen atoms in total. The first-order valence-electron chi connectivity index (χ1n) is 8.52. The minimum atomic E-state index is -0.606. The van der Waals surface area contributed by atoms with Crippen LogP contribution in [0, 0.1) is 0 Å². The van der Waals surface area contributed by atoms with Gasteiger partial charge in [-0.1, -0.05) is 19.1 Å². The number of carbonyl (C=O) groups is 4. The number of amides is 4. The summed E-state index contributed by atoms with van der Waals surface area (Å²) in [6.07, 6.45) is 1.86. The summed E-state index contributed by atoms with van der Waals surface area (Å²) in [6.45, 7) is 2.68. The summed E-state index contributed by atoms with van der Waals surface area (Å²) >= 11 is 0. The predicted molar refractivity (Wildman–Crippen MR) is 89.2 cm³/mol. The molecule has 0 saturated carbocycles. The molecule has 0 aromatic heterocycles. The van der Waals surface area contributed by atoms with E-state index in [1.807, 2.05) is 19.1 Å². The fourth-order valence-corrected chi connectivity index (χ4v) is 3.23. The number of carbonyl (C=O) groups excluding carboxylic acids is 4. The second-order valence-corrected chi connectivity index (χ2v) is 6.42. The third kappa shape index (κ3) is 3.55. The molecule has 1 atom stereocenters. The van der Waals surface area contributed by atoms with Crippen LogP contribution in [0.25, 0.3) is 0 Å². The van der Waals surface area contributed by atoms with Gasteiger partial charge in [0, 0.05) is 31.5 Å². The Kier molecular flexibility index (Phi) is 4.83. The summed E-state index contributed by atoms with van der Waals surface area (Å²) in [7, 11) is 0. The van der Waals surface area contributed by atoms with E-state index >= 15 is 0 Å². The van der Waals surface area contributed by atoms with E-state index in [0.717, 1.165) is 17.5 Å². The molecule has 132 valence electrons. The molecule has 1 aromatic rings. The number of piperidine rings is 1. The largest absolute Gasteiger partial charge is 0.352 e. The molecule has 0 aliphatic carbocycles. The summed E-state index contributed by atoms with van der Waals surface area (Å²) in [5.41, 5.74) is 2.27. The van der Waals surface area contributed by atoms with Gasteiger partial charge in [0.05, 0.1) is 0 Å². The maximum Gasteiger partial charge on any atom is 0.255 e. The van der Waals surface area contributed by atoms with Gasteiger partial charge in [-0.25, -0.2) is 0 Å². The summed E-state index contributed by atoms with van der Waals surface area (Å²) in [5.74, 6) is -0.925. The quantitative estimate of drug-likeness (QED) is 0.775. The highest BCUT2D eigenvalue weighted by atomic mass is 16.2. The Balaban J connectivity index is 1.70. The van der Waals surface area contributed by atoms with Crippen LogP contribution in [0.5, 0.6) is 0 Å². The standard InChI is InChI=1S/C18H21N3O4/c1-2-3-15(22)19-9-11-4-5-12-10-21(18(25)13(12)8-11)14-6-7-16(23)20-17(14)24/h4-5,8,14H,2-3,6-7,9-10H2,1H3,(H,19,22)(H,20,23,24). The van der Waals surface area contributed by atoms with E-state index in [1.165, 1.54) is 4.90 Å². The summed E-state index contributed by atoms with van der Waals surface area (Å²) < 4.78 is 0. The molecule has 2 aliphatic rings. The van der Waals surface area contributed by atoms with Crippen molar-refractivity contribution in [1.29, 1.82) is 0 Å². The zero-order valence-corrected chi connectivity index (χ0v) is 14.1. The topological polar surface area (TPSA) is 95.6 Å². The van der Waals surface area contributed by atoms with E-state index in [-0.39, 0.29) is 24.1 Å². The van der Waals surface area contributed by atoms with E-state index in [1.54, 1.807) is 6.07 Å². The van der Waals surface area contributed by atoms with Gasteiger partial charge in [-0.3, -0.25) is 24.5 Å². The first kappa shape index (κ1) is 17.1. The van der Waals surface area contributed by atoms with Crippen LogP contribution in [0.2, 0.25) is 0 Å². The number of nitrogens with one attached hydrogen (secondary N) is 2. The van der Waals surface area contributed by atoms with Crippen molar-refractivity contribution in [3.05, 3.63) is 34.9 Å². The average molecular weight is 343 g/mol. The third-order valence-electron chi connectivity index (χ3n) is 4.56. The molecular weight excluding hydrogens is 322 g/mol. The molecule has 2 heterocycles. The fraction of sp³-hybridized carbons (Fsp3) is 0.444. The maximum atomic E-state index is 12.7. The van der Waals surface area contributed by atoms with Crippen molar-refractivity contribution in [2.45, 2.75) is 51.7 Å². The van der Waals surface area contributed by atoms with Crippen LogP contribution < -0.4 is 10.6 Å². The molecule has 2 aliphatic heterocycles. The second-order valence-electron chi connectivity index (χ2n) is 6.42. The minimum Gasteiger partial charge on any atom is -0.352 e. The van der Waals surface area contributed by atoms with Crippen LogP contribution in [0.1, 0.15) is 54.1 Å². The van der Waals surface area contributed by atoms with Crippen LogP contribution in [0.4, 0.5) is 0 Å². The lowest BCUT2D eigenvalue weighted by atomic mass is 10.0. The molecule has 1 saturated heterocycles. The summed E-state index contributed by atoms with van der Waals surface area (Å²) in [4.78, 5) is 49.1. The molecule has 4 amide bonds. The minimum absolute atomic E-state index is 0.0144. The van der Waals surface area contributed by atoms with Gasteiger partial charge in [0.15, 0.2) is 0 Å². The number of hydrogen-bond donors (Lipinski definition) is 2. The highest BCUT2D eigenvalue weighted by Gasteiger charge is 2.39. The van der Waals surface area contributed by atoms with E-state index in [2.05, 4.69) is 10.6 Å². The molecule has 0 bridgehead atoms. The van der Waals surface area contributed by atoms with Gasteiger partial charge >= 0.3 is 0 Å². The number of rotatable bonds is 5. The molecule has 2 N–H and O–H groups in total. The molecular formula is C18H21N3O4. The van der Waals surface area contributed by atoms with Crippen LogP contribution in [0.15, 0.2) is 18.2 Å². The Bertz CT molecular complexity index is 744. The number of benzene rings is 1. The Morgan fingerprint density at radius 3 is 2.84 bits per heavy atom. The molecule has 3 rings (SSSR count). The number of hydrogen-bond acceptors (Lipinski definition) is 4. The lowest BCUT2D eigenvalue weighted by Gasteiger charge is -2.29. The smallest absolute Gasteiger partial charge is 0.255 e. The zero-order chi connectivity index (χ0) is 18.0. The van der Waals surface area contributed by atoms with Crippen molar-refractivity contribution < 1.29 is 19.2 Å². The summed E-state index contributed by atoms with van der Waals surface area (Å²) in [6, 6.07) is 4.91. The van der Waals surface area contributed by atoms with Gasteiger partial charge in [-0.05, 0) is 30.0 Å². The van der Waals surface area contributed by atoms with Gasteiger partial charge in [0.2, 0.25) is 17.7 Å². The molecule has 25 heavy (non-hydrogen) atoms. The highest BCUT2D eigenvalue weighted by molar-refractivity contribution is 6.05. The van der Waals surface area contributed by atoms with Crippen molar-refractivity contribution in [2.24, 2.45) is 0 Å². The normalized spacial score (nSPS) is 19.6. The Morgan fingerprint density at radius 2 is 2.12 bits per heavy atom. The first-order chi connectivity index (χ1) is 12.0. The van der Waals surface area contributed by atoms with Crippen LogP contribution in [-0.4, -0.2) is 34.6 Å². The van der Waals surface area contributed by atoms with E-state index in [9.17, 15) is 19.2 Å². The zero-order valence-electron chi connectivity index (χ0n) is 14.1. The number of fused-ring (bicyclic) bond motifs is 1. The van der Waals surface area contributed by atoms with Gasteiger partial charge in [0.1, 0.15) is 6.04 Å². The van der Waals surface area contributed by atoms with E-state index < -0.39 is 11.9 Å². The van der Waals surface area contributed by atoms with Crippen molar-refractivity contribution in [1.82, 2.24) is 15.5 Å². The monoisotopic (exact) mass is 343 g/mol. The highest BCUT2D eigenvalue weighted by Crippen LogP contribution is 2.28. The predicted octanol–water partition coefficient (Wildman–Crippen LogP) is 0.864. The molecule has 0 radical (unpaired) electrons. The SMILES string of the molecule is CCCC(=O)NCc1ccc2c(c1)C(=O)N(C1CCC(=O)NC1=O)C2. The third-order valence-corrected chi connectivity index (χ3v) is 4.56. The lowest BCUT2D eigenvalue weighted by Crippen LogP contribution is -2.52. The van der Waals surface area contributed by atoms with Crippen LogP contribution in [-0.2, 0) is 27.5 Å². The lowest BCUT2D eigenvalue weighted by molar-refractivity contribution is -0.137. The van der Waals surface area contributed by atoms with Gasteiger partial charge < -0.3 is 10.2 Å². The van der Waals surface area contributed by atoms with Crippen LogP contribution in [0.3, 0.4) is 0 Å². The Morgan fingerprint density at radius 1 is 1.32 bits per heavy atom. The number of nitrogens with zero attached hydrogens (tertiary/aromatic N) is 1. The Hall–Kier alpha value is -2.70. The second kappa shape index (κ2) is 7.04. The Labute approximate surface area is 145 Å².